The third-order valence-electron chi connectivity index (χ3n) is 10.8. The lowest BCUT2D eigenvalue weighted by molar-refractivity contribution is -0.167. The van der Waals surface area contributed by atoms with Crippen molar-refractivity contribution in [3.63, 3.8) is 0 Å². The first-order valence-corrected chi connectivity index (χ1v) is 25.1. The molecule has 0 rings (SSSR count). The van der Waals surface area contributed by atoms with E-state index in [0.29, 0.717) is 19.3 Å². The molecule has 0 saturated carbocycles. The van der Waals surface area contributed by atoms with E-state index >= 15 is 0 Å². The molecule has 0 aliphatic carbocycles. The zero-order chi connectivity index (χ0) is 43.0. The summed E-state index contributed by atoms with van der Waals surface area (Å²) in [7, 11) is 0. The second-order valence-corrected chi connectivity index (χ2v) is 16.7. The Morgan fingerprint density at radius 3 is 1.03 bits per heavy atom. The molecule has 0 unspecified atom stereocenters. The summed E-state index contributed by atoms with van der Waals surface area (Å²) >= 11 is 0. The normalized spacial score (nSPS) is 12.4. The summed E-state index contributed by atoms with van der Waals surface area (Å²) in [6.45, 7) is 6.50. The molecule has 0 aliphatic heterocycles. The fraction of sp³-hybridized carbons (Fsp3) is 0.792. The van der Waals surface area contributed by atoms with Gasteiger partial charge in [-0.2, -0.15) is 0 Å². The molecule has 0 radical (unpaired) electrons. The molecule has 6 nitrogen and oxygen atoms in total. The number of carbonyl (C=O) groups is 3. The quantitative estimate of drug-likeness (QED) is 0.0263. The van der Waals surface area contributed by atoms with Crippen molar-refractivity contribution in [2.45, 2.75) is 258 Å². The van der Waals surface area contributed by atoms with Crippen LogP contribution in [-0.4, -0.2) is 37.2 Å². The second-order valence-electron chi connectivity index (χ2n) is 16.7. The SMILES string of the molecule is CC/C=C\C/C=C\C/C=C\C/C=C\CCCCC(=O)OC[C@H](COC(=O)CCCCCCCCCCCCCCC)OC(=O)CCCCCCCCCCCCCCC. The van der Waals surface area contributed by atoms with E-state index in [4.69, 9.17) is 14.2 Å². The fourth-order valence-corrected chi connectivity index (χ4v) is 7.08. The Morgan fingerprint density at radius 1 is 0.356 bits per heavy atom. The van der Waals surface area contributed by atoms with Crippen LogP contribution in [0, 0.1) is 0 Å². The van der Waals surface area contributed by atoms with Crippen LogP contribution in [0.3, 0.4) is 0 Å². The molecule has 1 atom stereocenters. The van der Waals surface area contributed by atoms with Gasteiger partial charge in [0, 0.05) is 19.3 Å². The Morgan fingerprint density at radius 2 is 0.661 bits per heavy atom. The third kappa shape index (κ3) is 46.3. The Bertz CT molecular complexity index is 1040. The van der Waals surface area contributed by atoms with Gasteiger partial charge in [-0.15, -0.1) is 0 Å². The van der Waals surface area contributed by atoms with Crippen LogP contribution in [0.5, 0.6) is 0 Å². The number of unbranched alkanes of at least 4 members (excludes halogenated alkanes) is 26. The summed E-state index contributed by atoms with van der Waals surface area (Å²) in [5.74, 6) is -0.918. The Balaban J connectivity index is 4.42. The summed E-state index contributed by atoms with van der Waals surface area (Å²) in [6, 6.07) is 0. The minimum atomic E-state index is -0.784. The van der Waals surface area contributed by atoms with Crippen molar-refractivity contribution in [2.75, 3.05) is 13.2 Å². The molecule has 59 heavy (non-hydrogen) atoms. The molecule has 0 aliphatic rings. The van der Waals surface area contributed by atoms with Crippen molar-refractivity contribution in [1.29, 1.82) is 0 Å². The van der Waals surface area contributed by atoms with Crippen LogP contribution in [0.15, 0.2) is 48.6 Å². The van der Waals surface area contributed by atoms with E-state index in [1.54, 1.807) is 0 Å². The van der Waals surface area contributed by atoms with Crippen LogP contribution in [0.2, 0.25) is 0 Å². The van der Waals surface area contributed by atoms with Crippen molar-refractivity contribution in [2.24, 2.45) is 0 Å². The highest BCUT2D eigenvalue weighted by atomic mass is 16.6. The fourth-order valence-electron chi connectivity index (χ4n) is 7.08. The molecule has 0 amide bonds. The summed E-state index contributed by atoms with van der Waals surface area (Å²) in [6.07, 6.45) is 56.6. The largest absolute Gasteiger partial charge is 0.462 e. The number of hydrogen-bond donors (Lipinski definition) is 0. The van der Waals surface area contributed by atoms with Gasteiger partial charge in [-0.3, -0.25) is 14.4 Å². The van der Waals surface area contributed by atoms with Crippen LogP contribution >= 0.6 is 0 Å². The average molecular weight is 827 g/mol. The maximum atomic E-state index is 12.8. The van der Waals surface area contributed by atoms with E-state index in [-0.39, 0.29) is 31.1 Å². The van der Waals surface area contributed by atoms with Gasteiger partial charge in [0.25, 0.3) is 0 Å². The second kappa shape index (κ2) is 48.0. The molecule has 0 bridgehead atoms. The maximum absolute atomic E-state index is 12.8. The van der Waals surface area contributed by atoms with Crippen molar-refractivity contribution in [3.8, 4) is 0 Å². The van der Waals surface area contributed by atoms with Gasteiger partial charge in [-0.1, -0.05) is 223 Å². The summed E-state index contributed by atoms with van der Waals surface area (Å²) in [5.41, 5.74) is 0. The van der Waals surface area contributed by atoms with Crippen molar-refractivity contribution < 1.29 is 28.6 Å². The predicted molar refractivity (Wildman–Crippen MR) is 252 cm³/mol. The van der Waals surface area contributed by atoms with Crippen molar-refractivity contribution in [1.82, 2.24) is 0 Å². The van der Waals surface area contributed by atoms with Crippen LogP contribution in [0.25, 0.3) is 0 Å². The maximum Gasteiger partial charge on any atom is 0.306 e. The Kier molecular flexibility index (Phi) is 45.9. The van der Waals surface area contributed by atoms with Crippen LogP contribution in [0.1, 0.15) is 252 Å². The lowest BCUT2D eigenvalue weighted by Crippen LogP contribution is -2.30. The Labute approximate surface area is 365 Å². The molecule has 0 fully saturated rings. The molecule has 0 saturated heterocycles. The zero-order valence-electron chi connectivity index (χ0n) is 39.0. The highest BCUT2D eigenvalue weighted by Gasteiger charge is 2.19. The molecule has 0 aromatic carbocycles. The number of carbonyl (C=O) groups excluding carboxylic acids is 3. The highest BCUT2D eigenvalue weighted by Crippen LogP contribution is 2.15. The molecule has 0 spiro atoms. The van der Waals surface area contributed by atoms with Crippen LogP contribution < -0.4 is 0 Å². The molecular weight excluding hydrogens is 733 g/mol. The first kappa shape index (κ1) is 56.4. The van der Waals surface area contributed by atoms with E-state index in [9.17, 15) is 14.4 Å². The van der Waals surface area contributed by atoms with Crippen molar-refractivity contribution >= 4 is 17.9 Å². The highest BCUT2D eigenvalue weighted by molar-refractivity contribution is 5.71. The molecular formula is C53H94O6. The van der Waals surface area contributed by atoms with Gasteiger partial charge in [0.2, 0.25) is 0 Å². The van der Waals surface area contributed by atoms with Gasteiger partial charge in [0.1, 0.15) is 13.2 Å². The van der Waals surface area contributed by atoms with Gasteiger partial charge in [-0.25, -0.2) is 0 Å². The number of hydrogen-bond acceptors (Lipinski definition) is 6. The third-order valence-corrected chi connectivity index (χ3v) is 10.8. The van der Waals surface area contributed by atoms with Gasteiger partial charge in [-0.05, 0) is 57.8 Å². The van der Waals surface area contributed by atoms with Crippen molar-refractivity contribution in [3.05, 3.63) is 48.6 Å². The smallest absolute Gasteiger partial charge is 0.306 e. The lowest BCUT2D eigenvalue weighted by atomic mass is 10.0. The minimum absolute atomic E-state index is 0.0826. The average Bonchev–Trinajstić information content (AvgIpc) is 3.23. The number of rotatable bonds is 45. The molecule has 342 valence electrons. The zero-order valence-corrected chi connectivity index (χ0v) is 39.0. The summed E-state index contributed by atoms with van der Waals surface area (Å²) in [5, 5.41) is 0. The minimum Gasteiger partial charge on any atom is -0.462 e. The topological polar surface area (TPSA) is 78.9 Å². The molecule has 0 aromatic heterocycles. The van der Waals surface area contributed by atoms with E-state index in [2.05, 4.69) is 69.4 Å². The number of allylic oxidation sites excluding steroid dienone is 8. The van der Waals surface area contributed by atoms with E-state index in [0.717, 1.165) is 83.5 Å². The van der Waals surface area contributed by atoms with Crippen LogP contribution in [-0.2, 0) is 28.6 Å². The Hall–Kier alpha value is -2.63. The molecule has 6 heteroatoms. The van der Waals surface area contributed by atoms with E-state index in [1.165, 1.54) is 128 Å². The monoisotopic (exact) mass is 827 g/mol. The van der Waals surface area contributed by atoms with E-state index < -0.39 is 6.10 Å². The predicted octanol–water partition coefficient (Wildman–Crippen LogP) is 16.3. The van der Waals surface area contributed by atoms with Gasteiger partial charge in [0.15, 0.2) is 6.10 Å². The number of ether oxygens (including phenoxy) is 3. The standard InChI is InChI=1S/C53H94O6/c1-4-7-10-13-16-19-22-25-26-29-31-34-37-40-43-46-52(55)58-49-50(59-53(56)47-44-41-38-35-32-28-24-21-18-15-12-9-6-3)48-57-51(54)45-42-39-36-33-30-27-23-20-17-14-11-8-5-2/h7,10,16,19,25-26,31,34,50H,4-6,8-9,11-15,17-18,20-24,27-30,32-33,35-49H2,1-3H3/b10-7-,19-16-,26-25-,34-31-/t50-/m0/s1. The van der Waals surface area contributed by atoms with Crippen LogP contribution in [0.4, 0.5) is 0 Å². The lowest BCUT2D eigenvalue weighted by Gasteiger charge is -2.18. The van der Waals surface area contributed by atoms with E-state index in [1.807, 2.05) is 0 Å². The first-order chi connectivity index (χ1) is 29.0. The molecule has 0 N–H and O–H groups in total. The summed E-state index contributed by atoms with van der Waals surface area (Å²) in [4.78, 5) is 37.9. The molecule has 0 aromatic rings. The van der Waals surface area contributed by atoms with Gasteiger partial charge in [0.05, 0.1) is 0 Å². The van der Waals surface area contributed by atoms with Gasteiger partial charge >= 0.3 is 17.9 Å². The first-order valence-electron chi connectivity index (χ1n) is 25.1. The van der Waals surface area contributed by atoms with Gasteiger partial charge < -0.3 is 14.2 Å². The molecule has 0 heterocycles. The number of esters is 3. The summed E-state index contributed by atoms with van der Waals surface area (Å²) < 4.78 is 16.7.